The van der Waals surface area contributed by atoms with Crippen LogP contribution in [-0.2, 0) is 10.0 Å². The monoisotopic (exact) mass is 408 g/mol. The van der Waals surface area contributed by atoms with E-state index in [1.165, 1.54) is 45.7 Å². The van der Waals surface area contributed by atoms with Crippen molar-refractivity contribution in [1.82, 2.24) is 4.83 Å². The molecule has 28 heavy (non-hydrogen) atoms. The van der Waals surface area contributed by atoms with Crippen molar-refractivity contribution in [2.24, 2.45) is 5.10 Å². The molecule has 2 rings (SSSR count). The van der Waals surface area contributed by atoms with Crippen LogP contribution in [0.15, 0.2) is 46.4 Å². The van der Waals surface area contributed by atoms with E-state index in [1.54, 1.807) is 18.2 Å². The molecule has 152 valence electrons. The molecule has 0 saturated heterocycles. The zero-order chi connectivity index (χ0) is 20.7. The number of nitrogens with zero attached hydrogens (tertiary/aromatic N) is 1. The number of rotatable bonds is 9. The second kappa shape index (κ2) is 9.32. The van der Waals surface area contributed by atoms with Crippen molar-refractivity contribution in [1.29, 1.82) is 0 Å². The van der Waals surface area contributed by atoms with E-state index < -0.39 is 10.0 Å². The van der Waals surface area contributed by atoms with Crippen molar-refractivity contribution in [2.75, 3.05) is 21.3 Å². The Labute approximate surface area is 165 Å². The van der Waals surface area contributed by atoms with E-state index in [1.807, 2.05) is 13.8 Å². The highest BCUT2D eigenvalue weighted by molar-refractivity contribution is 7.89. The number of hydrazone groups is 1. The highest BCUT2D eigenvalue weighted by atomic mass is 32.2. The van der Waals surface area contributed by atoms with Gasteiger partial charge in [0.05, 0.1) is 38.5 Å². The van der Waals surface area contributed by atoms with Gasteiger partial charge in [0.2, 0.25) is 0 Å². The van der Waals surface area contributed by atoms with E-state index in [9.17, 15) is 8.42 Å². The average molecular weight is 408 g/mol. The first kappa shape index (κ1) is 21.4. The summed E-state index contributed by atoms with van der Waals surface area (Å²) >= 11 is 0. The fourth-order valence-corrected chi connectivity index (χ4v) is 3.13. The first-order chi connectivity index (χ1) is 13.3. The van der Waals surface area contributed by atoms with Crippen LogP contribution in [-0.4, -0.2) is 42.1 Å². The van der Waals surface area contributed by atoms with Gasteiger partial charge in [-0.15, -0.1) is 0 Å². The molecule has 0 aliphatic heterocycles. The lowest BCUT2D eigenvalue weighted by molar-refractivity contribution is 0.230. The third-order valence-electron chi connectivity index (χ3n) is 3.60. The maximum absolute atomic E-state index is 12.4. The largest absolute Gasteiger partial charge is 0.493 e. The molecule has 8 nitrogen and oxygen atoms in total. The molecule has 0 aromatic heterocycles. The number of sulfonamides is 1. The van der Waals surface area contributed by atoms with E-state index in [4.69, 9.17) is 18.9 Å². The number of hydrogen-bond acceptors (Lipinski definition) is 7. The van der Waals surface area contributed by atoms with Gasteiger partial charge in [0.1, 0.15) is 0 Å². The highest BCUT2D eigenvalue weighted by Crippen LogP contribution is 2.30. The van der Waals surface area contributed by atoms with Crippen molar-refractivity contribution in [3.63, 3.8) is 0 Å². The zero-order valence-corrected chi connectivity index (χ0v) is 17.2. The van der Waals surface area contributed by atoms with E-state index in [2.05, 4.69) is 9.93 Å². The molecule has 0 radical (unpaired) electrons. The third-order valence-corrected chi connectivity index (χ3v) is 4.82. The van der Waals surface area contributed by atoms with Crippen molar-refractivity contribution >= 4 is 16.2 Å². The summed E-state index contributed by atoms with van der Waals surface area (Å²) in [6.45, 7) is 3.83. The topological polar surface area (TPSA) is 95.5 Å². The molecule has 0 unspecified atom stereocenters. The molecule has 0 spiro atoms. The number of methoxy groups -OCH3 is 3. The van der Waals surface area contributed by atoms with Crippen LogP contribution in [0.25, 0.3) is 0 Å². The fraction of sp³-hybridized carbons (Fsp3) is 0.316. The molecule has 0 aliphatic carbocycles. The summed E-state index contributed by atoms with van der Waals surface area (Å²) in [4.78, 5) is 2.17. The minimum Gasteiger partial charge on any atom is -0.493 e. The summed E-state index contributed by atoms with van der Waals surface area (Å²) in [7, 11) is 0.567. The normalized spacial score (nSPS) is 11.5. The first-order valence-electron chi connectivity index (χ1n) is 8.42. The minimum atomic E-state index is -3.87. The molecule has 0 amide bonds. The van der Waals surface area contributed by atoms with Gasteiger partial charge in [-0.2, -0.15) is 13.5 Å². The smallest absolute Gasteiger partial charge is 0.276 e. The SMILES string of the molecule is COc1ccc(S(=O)(=O)N/N=C/c2ccc(OC(C)C)c(OC)c2)cc1OC. The summed E-state index contributed by atoms with van der Waals surface area (Å²) in [5.74, 6) is 1.86. The fourth-order valence-electron chi connectivity index (χ4n) is 2.32. The second-order valence-corrected chi connectivity index (χ2v) is 7.61. The van der Waals surface area contributed by atoms with Crippen LogP contribution >= 0.6 is 0 Å². The van der Waals surface area contributed by atoms with Crippen molar-refractivity contribution in [3.05, 3.63) is 42.0 Å². The van der Waals surface area contributed by atoms with Crippen molar-refractivity contribution in [3.8, 4) is 23.0 Å². The quantitative estimate of drug-likeness (QED) is 0.506. The maximum Gasteiger partial charge on any atom is 0.276 e. The number of nitrogens with one attached hydrogen (secondary N) is 1. The van der Waals surface area contributed by atoms with E-state index in [0.29, 0.717) is 28.6 Å². The van der Waals surface area contributed by atoms with Gasteiger partial charge in [0.15, 0.2) is 23.0 Å². The Morgan fingerprint density at radius 1 is 0.893 bits per heavy atom. The van der Waals surface area contributed by atoms with Gasteiger partial charge in [-0.25, -0.2) is 4.83 Å². The van der Waals surface area contributed by atoms with Crippen molar-refractivity contribution in [2.45, 2.75) is 24.8 Å². The maximum atomic E-state index is 12.4. The highest BCUT2D eigenvalue weighted by Gasteiger charge is 2.16. The minimum absolute atomic E-state index is 0.000520. The molecule has 2 aromatic rings. The summed E-state index contributed by atoms with van der Waals surface area (Å²) < 4.78 is 46.0. The summed E-state index contributed by atoms with van der Waals surface area (Å²) in [5, 5.41) is 3.82. The molecule has 0 atom stereocenters. The molecule has 9 heteroatoms. The zero-order valence-electron chi connectivity index (χ0n) is 16.4. The van der Waals surface area contributed by atoms with Crippen LogP contribution in [0.4, 0.5) is 0 Å². The van der Waals surface area contributed by atoms with Crippen LogP contribution in [0.5, 0.6) is 23.0 Å². The molecule has 0 heterocycles. The van der Waals surface area contributed by atoms with Gasteiger partial charge >= 0.3 is 0 Å². The summed E-state index contributed by atoms with van der Waals surface area (Å²) in [6, 6.07) is 9.46. The molecule has 1 N–H and O–H groups in total. The van der Waals surface area contributed by atoms with Crippen LogP contribution in [0.2, 0.25) is 0 Å². The van der Waals surface area contributed by atoms with Gasteiger partial charge in [0.25, 0.3) is 10.0 Å². The molecular formula is C19H24N2O6S. The van der Waals surface area contributed by atoms with Gasteiger partial charge < -0.3 is 18.9 Å². The second-order valence-electron chi connectivity index (χ2n) is 5.95. The molecule has 0 aliphatic rings. The molecular weight excluding hydrogens is 384 g/mol. The Balaban J connectivity index is 2.17. The summed E-state index contributed by atoms with van der Waals surface area (Å²) in [5.41, 5.74) is 0.642. The Morgan fingerprint density at radius 2 is 1.50 bits per heavy atom. The Bertz CT molecular complexity index is 941. The number of hydrogen-bond donors (Lipinski definition) is 1. The van der Waals surface area contributed by atoms with Gasteiger partial charge in [0, 0.05) is 6.07 Å². The lowest BCUT2D eigenvalue weighted by atomic mass is 10.2. The number of benzene rings is 2. The van der Waals surface area contributed by atoms with Gasteiger partial charge in [-0.3, -0.25) is 0 Å². The molecule has 2 aromatic carbocycles. The van der Waals surface area contributed by atoms with Crippen LogP contribution in [0.1, 0.15) is 19.4 Å². The van der Waals surface area contributed by atoms with E-state index in [0.717, 1.165) is 0 Å². The van der Waals surface area contributed by atoms with Crippen LogP contribution in [0.3, 0.4) is 0 Å². The Kier molecular flexibility index (Phi) is 7.11. The molecule has 0 saturated carbocycles. The predicted octanol–water partition coefficient (Wildman–Crippen LogP) is 2.81. The average Bonchev–Trinajstić information content (AvgIpc) is 2.67. The van der Waals surface area contributed by atoms with Gasteiger partial charge in [-0.05, 0) is 49.7 Å². The van der Waals surface area contributed by atoms with E-state index in [-0.39, 0.29) is 11.0 Å². The van der Waals surface area contributed by atoms with E-state index >= 15 is 0 Å². The van der Waals surface area contributed by atoms with Crippen molar-refractivity contribution < 1.29 is 27.4 Å². The lowest BCUT2D eigenvalue weighted by Gasteiger charge is -2.13. The van der Waals surface area contributed by atoms with Crippen LogP contribution in [0, 0.1) is 0 Å². The predicted molar refractivity (Wildman–Crippen MR) is 106 cm³/mol. The molecule has 0 fully saturated rings. The first-order valence-corrected chi connectivity index (χ1v) is 9.90. The Morgan fingerprint density at radius 3 is 2.11 bits per heavy atom. The summed E-state index contributed by atoms with van der Waals surface area (Å²) in [6.07, 6.45) is 1.38. The van der Waals surface area contributed by atoms with Crippen LogP contribution < -0.4 is 23.8 Å². The third kappa shape index (κ3) is 5.29. The number of ether oxygens (including phenoxy) is 4. The van der Waals surface area contributed by atoms with Gasteiger partial charge in [-0.1, -0.05) is 0 Å². The Hall–Kier alpha value is -2.94. The standard InChI is InChI=1S/C19H24N2O6S/c1-13(2)27-17-8-6-14(10-18(17)25-4)12-20-21-28(22,23)15-7-9-16(24-3)19(11-15)26-5/h6-13,21H,1-5H3/b20-12+. The lowest BCUT2D eigenvalue weighted by Crippen LogP contribution is -2.18. The molecule has 0 bridgehead atoms.